The summed E-state index contributed by atoms with van der Waals surface area (Å²) in [5, 5.41) is 0. The van der Waals surface area contributed by atoms with Gasteiger partial charge in [0.25, 0.3) is 10.2 Å². The molecule has 1 rings (SSSR count). The number of rotatable bonds is 4. The van der Waals surface area contributed by atoms with Crippen molar-refractivity contribution in [1.29, 1.82) is 0 Å². The van der Waals surface area contributed by atoms with E-state index in [0.29, 0.717) is 11.6 Å². The third kappa shape index (κ3) is 2.98. The summed E-state index contributed by atoms with van der Waals surface area (Å²) < 4.78 is 26.6. The third-order valence-corrected chi connectivity index (χ3v) is 6.08. The fourth-order valence-corrected chi connectivity index (χ4v) is 4.32. The maximum absolute atomic E-state index is 12.3. The minimum Gasteiger partial charge on any atom is -0.342 e. The Morgan fingerprint density at radius 1 is 1.33 bits per heavy atom. The zero-order valence-electron chi connectivity index (χ0n) is 11.5. The number of hydrogen-bond donors (Lipinski definition) is 0. The fraction of sp³-hybridized carbons (Fsp3) is 0.900. The van der Waals surface area contributed by atoms with Crippen LogP contribution >= 0.6 is 11.8 Å². The summed E-state index contributed by atoms with van der Waals surface area (Å²) in [5.41, 5.74) is 0. The number of carbonyl (C=O) groups excluding carboxylic acids is 1. The van der Waals surface area contributed by atoms with Crippen molar-refractivity contribution in [2.24, 2.45) is 0 Å². The summed E-state index contributed by atoms with van der Waals surface area (Å²) in [4.78, 5) is 13.8. The van der Waals surface area contributed by atoms with Crippen molar-refractivity contribution in [3.63, 3.8) is 0 Å². The van der Waals surface area contributed by atoms with Crippen LogP contribution in [0, 0.1) is 0 Å². The Morgan fingerprint density at radius 2 is 1.89 bits per heavy atom. The Balaban J connectivity index is 2.93. The number of likely N-dealkylation sites (N-methyl/N-ethyl adjacent to an activating group) is 1. The second-order valence-corrected chi connectivity index (χ2v) is 7.83. The Labute approximate surface area is 113 Å². The van der Waals surface area contributed by atoms with Crippen LogP contribution in [0.25, 0.3) is 0 Å². The van der Waals surface area contributed by atoms with E-state index in [-0.39, 0.29) is 11.9 Å². The van der Waals surface area contributed by atoms with Gasteiger partial charge in [-0.1, -0.05) is 0 Å². The molecule has 0 aromatic rings. The van der Waals surface area contributed by atoms with Crippen LogP contribution in [0.2, 0.25) is 0 Å². The highest BCUT2D eigenvalue weighted by atomic mass is 32.2. The quantitative estimate of drug-likeness (QED) is 0.734. The van der Waals surface area contributed by atoms with Gasteiger partial charge in [0.15, 0.2) is 0 Å². The van der Waals surface area contributed by atoms with E-state index >= 15 is 0 Å². The van der Waals surface area contributed by atoms with E-state index in [9.17, 15) is 13.2 Å². The molecule has 1 heterocycles. The first kappa shape index (κ1) is 15.7. The molecule has 1 fully saturated rings. The van der Waals surface area contributed by atoms with Gasteiger partial charge in [0.05, 0.1) is 5.88 Å². The second-order valence-electron chi connectivity index (χ2n) is 4.74. The molecule has 106 valence electrons. The van der Waals surface area contributed by atoms with Crippen molar-refractivity contribution in [2.75, 3.05) is 32.8 Å². The Morgan fingerprint density at radius 3 is 2.33 bits per heavy atom. The summed E-state index contributed by atoms with van der Waals surface area (Å²) in [6.07, 6.45) is 0. The van der Waals surface area contributed by atoms with Gasteiger partial charge >= 0.3 is 0 Å². The van der Waals surface area contributed by atoms with Crippen molar-refractivity contribution >= 4 is 27.9 Å². The lowest BCUT2D eigenvalue weighted by atomic mass is 10.2. The molecule has 0 aliphatic carbocycles. The van der Waals surface area contributed by atoms with Crippen molar-refractivity contribution in [3.05, 3.63) is 0 Å². The predicted molar refractivity (Wildman–Crippen MR) is 73.5 cm³/mol. The molecule has 0 aromatic heterocycles. The zero-order chi connectivity index (χ0) is 14.1. The predicted octanol–water partition coefficient (Wildman–Crippen LogP) is 0.0345. The maximum Gasteiger partial charge on any atom is 0.282 e. The number of amides is 1. The summed E-state index contributed by atoms with van der Waals surface area (Å²) >= 11 is 1.46. The Hall–Kier alpha value is -0.310. The summed E-state index contributed by atoms with van der Waals surface area (Å²) in [7, 11) is 1.13. The lowest BCUT2D eigenvalue weighted by Gasteiger charge is -2.30. The summed E-state index contributed by atoms with van der Waals surface area (Å²) in [6, 6.07) is -0.526. The summed E-state index contributed by atoms with van der Waals surface area (Å²) in [6.45, 7) is 3.82. The van der Waals surface area contributed by atoms with Gasteiger partial charge in [-0.05, 0) is 13.8 Å². The smallest absolute Gasteiger partial charge is 0.282 e. The largest absolute Gasteiger partial charge is 0.342 e. The van der Waals surface area contributed by atoms with Crippen LogP contribution in [0.1, 0.15) is 13.8 Å². The lowest BCUT2D eigenvalue weighted by molar-refractivity contribution is -0.134. The van der Waals surface area contributed by atoms with Crippen molar-refractivity contribution < 1.29 is 13.2 Å². The van der Waals surface area contributed by atoms with E-state index in [1.54, 1.807) is 11.9 Å². The first-order chi connectivity index (χ1) is 8.19. The van der Waals surface area contributed by atoms with Gasteiger partial charge in [-0.25, -0.2) is 0 Å². The minimum atomic E-state index is -3.53. The van der Waals surface area contributed by atoms with E-state index in [4.69, 9.17) is 0 Å². The Bertz CT molecular complexity index is 409. The van der Waals surface area contributed by atoms with Crippen molar-refractivity contribution in [2.45, 2.75) is 25.9 Å². The lowest BCUT2D eigenvalue weighted by Crippen LogP contribution is -2.52. The van der Waals surface area contributed by atoms with Crippen molar-refractivity contribution in [3.8, 4) is 0 Å². The molecule has 18 heavy (non-hydrogen) atoms. The average Bonchev–Trinajstić information content (AvgIpc) is 2.75. The number of nitrogens with zero attached hydrogens (tertiary/aromatic N) is 3. The van der Waals surface area contributed by atoms with Crippen molar-refractivity contribution in [1.82, 2.24) is 13.5 Å². The molecule has 1 aliphatic rings. The SMILES string of the molecule is CC(C)N(C)C(=O)[C@@H]1CSCN1S(=O)(=O)N(C)C. The van der Waals surface area contributed by atoms with Gasteiger partial charge in [0.1, 0.15) is 6.04 Å². The van der Waals surface area contributed by atoms with Gasteiger partial charge in [0, 0.05) is 32.9 Å². The molecule has 1 aliphatic heterocycles. The van der Waals surface area contributed by atoms with Crippen LogP contribution in [0.3, 0.4) is 0 Å². The normalized spacial score (nSPS) is 21.8. The van der Waals surface area contributed by atoms with Crippen LogP contribution in [-0.4, -0.2) is 72.7 Å². The molecule has 1 amide bonds. The van der Waals surface area contributed by atoms with E-state index in [1.807, 2.05) is 13.8 Å². The maximum atomic E-state index is 12.3. The number of thioether (sulfide) groups is 1. The van der Waals surface area contributed by atoms with Crippen LogP contribution in [0.4, 0.5) is 0 Å². The minimum absolute atomic E-state index is 0.0620. The molecule has 0 bridgehead atoms. The van der Waals surface area contributed by atoms with E-state index in [2.05, 4.69) is 0 Å². The van der Waals surface area contributed by atoms with Gasteiger partial charge < -0.3 is 4.90 Å². The second kappa shape index (κ2) is 5.77. The molecule has 0 spiro atoms. The molecule has 1 atom stereocenters. The van der Waals surface area contributed by atoms with Crippen LogP contribution in [0.5, 0.6) is 0 Å². The van der Waals surface area contributed by atoms with E-state index in [0.717, 1.165) is 4.31 Å². The molecule has 8 heteroatoms. The van der Waals surface area contributed by atoms with Gasteiger partial charge in [-0.3, -0.25) is 4.79 Å². The fourth-order valence-electron chi connectivity index (χ4n) is 1.55. The van der Waals surface area contributed by atoms with Gasteiger partial charge in [-0.15, -0.1) is 11.8 Å². The first-order valence-electron chi connectivity index (χ1n) is 5.73. The standard InChI is InChI=1S/C10H21N3O3S2/c1-8(2)12(5)10(14)9-6-17-7-13(9)18(15,16)11(3)4/h8-9H,6-7H2,1-5H3/t9-/m0/s1. The highest BCUT2D eigenvalue weighted by Crippen LogP contribution is 2.26. The van der Waals surface area contributed by atoms with Gasteiger partial charge in [0.2, 0.25) is 5.91 Å². The van der Waals surface area contributed by atoms with Gasteiger partial charge in [-0.2, -0.15) is 17.0 Å². The topological polar surface area (TPSA) is 60.9 Å². The molecule has 0 unspecified atom stereocenters. The highest BCUT2D eigenvalue weighted by Gasteiger charge is 2.41. The van der Waals surface area contributed by atoms with E-state index < -0.39 is 16.3 Å². The molecule has 0 radical (unpaired) electrons. The molecule has 0 N–H and O–H groups in total. The summed E-state index contributed by atoms with van der Waals surface area (Å²) in [5.74, 6) is 0.714. The monoisotopic (exact) mass is 295 g/mol. The highest BCUT2D eigenvalue weighted by molar-refractivity contribution is 8.00. The zero-order valence-corrected chi connectivity index (χ0v) is 13.1. The molecule has 0 aromatic carbocycles. The number of hydrogen-bond acceptors (Lipinski definition) is 4. The Kier molecular flexibility index (Phi) is 5.05. The number of carbonyl (C=O) groups is 1. The van der Waals surface area contributed by atoms with Crippen LogP contribution in [-0.2, 0) is 15.0 Å². The average molecular weight is 295 g/mol. The molecular weight excluding hydrogens is 274 g/mol. The molecule has 6 nitrogen and oxygen atoms in total. The molecular formula is C10H21N3O3S2. The molecule has 1 saturated heterocycles. The first-order valence-corrected chi connectivity index (χ1v) is 8.28. The van der Waals surface area contributed by atoms with Crippen LogP contribution < -0.4 is 0 Å². The van der Waals surface area contributed by atoms with E-state index in [1.165, 1.54) is 30.2 Å². The molecule has 0 saturated carbocycles. The third-order valence-electron chi connectivity index (χ3n) is 3.01. The van der Waals surface area contributed by atoms with Crippen LogP contribution in [0.15, 0.2) is 0 Å².